The Bertz CT molecular complexity index is 1270. The van der Waals surface area contributed by atoms with Crippen LogP contribution >= 0.6 is 0 Å². The fourth-order valence-electron chi connectivity index (χ4n) is 4.85. The van der Waals surface area contributed by atoms with Crippen molar-refractivity contribution in [3.05, 3.63) is 96.6 Å². The van der Waals surface area contributed by atoms with E-state index in [1.54, 1.807) is 17.9 Å². The van der Waals surface area contributed by atoms with Crippen molar-refractivity contribution >= 4 is 23.9 Å². The molecule has 0 aliphatic carbocycles. The zero-order valence-electron chi connectivity index (χ0n) is 24.6. The summed E-state index contributed by atoms with van der Waals surface area (Å²) in [6, 6.07) is 15.0. The van der Waals surface area contributed by atoms with E-state index in [1.807, 2.05) is 54.6 Å². The van der Waals surface area contributed by atoms with Gasteiger partial charge >= 0.3 is 12.1 Å². The van der Waals surface area contributed by atoms with Crippen LogP contribution in [0.25, 0.3) is 0 Å². The molecule has 4 atom stereocenters. The number of aliphatic hydroxyl groups is 1. The largest absolute Gasteiger partial charge is 0.462 e. The second-order valence-electron chi connectivity index (χ2n) is 10.6. The third kappa shape index (κ3) is 10.1. The molecular weight excluding hydrogens is 550 g/mol. The second kappa shape index (κ2) is 16.9. The number of esters is 1. The molecule has 0 radical (unpaired) electrons. The predicted octanol–water partition coefficient (Wildman–Crippen LogP) is 3.43. The molecule has 3 rings (SSSR count). The van der Waals surface area contributed by atoms with E-state index < -0.39 is 30.1 Å². The maximum absolute atomic E-state index is 13.3. The van der Waals surface area contributed by atoms with Gasteiger partial charge in [-0.05, 0) is 42.9 Å². The number of amides is 3. The smallest absolute Gasteiger partial charge is 0.408 e. The molecule has 3 amide bonds. The molecule has 1 aliphatic heterocycles. The van der Waals surface area contributed by atoms with Crippen molar-refractivity contribution in [2.24, 2.45) is 5.92 Å². The van der Waals surface area contributed by atoms with Crippen LogP contribution in [-0.2, 0) is 43.4 Å². The van der Waals surface area contributed by atoms with Crippen molar-refractivity contribution in [1.82, 2.24) is 15.5 Å². The Kier molecular flexibility index (Phi) is 13.0. The van der Waals surface area contributed by atoms with Gasteiger partial charge in [0.1, 0.15) is 19.3 Å². The highest BCUT2D eigenvalue weighted by Crippen LogP contribution is 2.25. The van der Waals surface area contributed by atoms with Crippen LogP contribution < -0.4 is 10.6 Å². The number of rotatable bonds is 15. The molecule has 0 bridgehead atoms. The van der Waals surface area contributed by atoms with Gasteiger partial charge in [0.05, 0.1) is 24.6 Å². The van der Waals surface area contributed by atoms with E-state index >= 15 is 0 Å². The second-order valence-corrected chi connectivity index (χ2v) is 10.6. The minimum atomic E-state index is -1.01. The van der Waals surface area contributed by atoms with Crippen LogP contribution in [0.3, 0.4) is 0 Å². The molecule has 43 heavy (non-hydrogen) atoms. The molecule has 3 N–H and O–H groups in total. The van der Waals surface area contributed by atoms with E-state index in [0.29, 0.717) is 13.0 Å². The van der Waals surface area contributed by atoms with Crippen LogP contribution in [0.5, 0.6) is 0 Å². The average molecular weight is 592 g/mol. The number of nitrogens with one attached hydrogen (secondary N) is 2. The summed E-state index contributed by atoms with van der Waals surface area (Å²) < 4.78 is 10.6. The minimum Gasteiger partial charge on any atom is -0.462 e. The van der Waals surface area contributed by atoms with Gasteiger partial charge in [0.15, 0.2) is 0 Å². The Morgan fingerprint density at radius 2 is 1.65 bits per heavy atom. The van der Waals surface area contributed by atoms with Gasteiger partial charge in [0.25, 0.3) is 0 Å². The van der Waals surface area contributed by atoms with Crippen molar-refractivity contribution < 1.29 is 33.8 Å². The van der Waals surface area contributed by atoms with E-state index in [2.05, 4.69) is 23.8 Å². The third-order valence-corrected chi connectivity index (χ3v) is 7.19. The quantitative estimate of drug-likeness (QED) is 0.213. The number of ether oxygens (including phenoxy) is 2. The number of nitrogens with zero attached hydrogens (tertiary/aromatic N) is 1. The Morgan fingerprint density at radius 3 is 2.33 bits per heavy atom. The highest BCUT2D eigenvalue weighted by Gasteiger charge is 2.32. The van der Waals surface area contributed by atoms with E-state index in [0.717, 1.165) is 16.7 Å². The van der Waals surface area contributed by atoms with Crippen molar-refractivity contribution in [2.45, 2.75) is 63.9 Å². The molecule has 0 aromatic heterocycles. The van der Waals surface area contributed by atoms with Gasteiger partial charge in [0, 0.05) is 13.0 Å². The van der Waals surface area contributed by atoms with Gasteiger partial charge in [0.2, 0.25) is 11.8 Å². The topological polar surface area (TPSA) is 134 Å². The number of hydrogen-bond donors (Lipinski definition) is 3. The highest BCUT2D eigenvalue weighted by atomic mass is 16.6. The van der Waals surface area contributed by atoms with Gasteiger partial charge < -0.3 is 30.1 Å². The first-order chi connectivity index (χ1) is 20.7. The number of hydrogen-bond acceptors (Lipinski definition) is 7. The number of benzene rings is 2. The Balaban J connectivity index is 1.50. The lowest BCUT2D eigenvalue weighted by Gasteiger charge is -2.36. The molecular formula is C33H41N3O7. The summed E-state index contributed by atoms with van der Waals surface area (Å²) in [5.41, 5.74) is 2.93. The van der Waals surface area contributed by atoms with Gasteiger partial charge in [-0.1, -0.05) is 66.7 Å². The van der Waals surface area contributed by atoms with Gasteiger partial charge in [-0.25, -0.2) is 9.59 Å². The molecule has 1 heterocycles. The Morgan fingerprint density at radius 1 is 0.977 bits per heavy atom. The van der Waals surface area contributed by atoms with Crippen LogP contribution in [0.15, 0.2) is 79.9 Å². The zero-order chi connectivity index (χ0) is 31.2. The summed E-state index contributed by atoms with van der Waals surface area (Å²) in [6.07, 6.45) is 3.18. The lowest BCUT2D eigenvalue weighted by atomic mass is 9.92. The van der Waals surface area contributed by atoms with E-state index in [-0.39, 0.29) is 56.9 Å². The maximum Gasteiger partial charge on any atom is 0.408 e. The first kappa shape index (κ1) is 33.1. The lowest BCUT2D eigenvalue weighted by molar-refractivity contribution is -0.147. The number of alkyl carbamates (subject to hydrolysis) is 1. The monoisotopic (exact) mass is 591 g/mol. The predicted molar refractivity (Wildman–Crippen MR) is 161 cm³/mol. The lowest BCUT2D eigenvalue weighted by Crippen LogP contribution is -2.48. The highest BCUT2D eigenvalue weighted by molar-refractivity contribution is 5.86. The Labute approximate surface area is 252 Å². The molecule has 2 aromatic carbocycles. The van der Waals surface area contributed by atoms with E-state index in [4.69, 9.17) is 9.47 Å². The summed E-state index contributed by atoms with van der Waals surface area (Å²) in [7, 11) is 0. The number of carbonyl (C=O) groups excluding carboxylic acids is 4. The fourth-order valence-corrected chi connectivity index (χ4v) is 4.85. The normalized spacial score (nSPS) is 16.0. The van der Waals surface area contributed by atoms with Crippen LogP contribution in [0.4, 0.5) is 4.79 Å². The molecule has 2 aromatic rings. The third-order valence-electron chi connectivity index (χ3n) is 7.19. The number of aliphatic hydroxyl groups excluding tert-OH is 1. The van der Waals surface area contributed by atoms with Crippen molar-refractivity contribution in [3.8, 4) is 0 Å². The summed E-state index contributed by atoms with van der Waals surface area (Å²) in [5.74, 6) is -1.99. The van der Waals surface area contributed by atoms with Crippen molar-refractivity contribution in [1.29, 1.82) is 0 Å². The molecule has 1 aliphatic rings. The van der Waals surface area contributed by atoms with Gasteiger partial charge in [-0.3, -0.25) is 9.59 Å². The molecule has 0 saturated carbocycles. The SMILES string of the molecule is C=CC[C@@H](CC(=O)N1Cc2ccccc2C[C@H]1CO)C(=O)N[C@@H](C)COC(=O)[C@@H](CC=C)NC(=O)OCc1ccccc1. The summed E-state index contributed by atoms with van der Waals surface area (Å²) in [5, 5.41) is 15.2. The fraction of sp³-hybridized carbons (Fsp3) is 0.394. The van der Waals surface area contributed by atoms with Crippen molar-refractivity contribution in [3.63, 3.8) is 0 Å². The number of allylic oxidation sites excluding steroid dienone is 1. The summed E-state index contributed by atoms with van der Waals surface area (Å²) >= 11 is 0. The maximum atomic E-state index is 13.3. The molecule has 230 valence electrons. The first-order valence-electron chi connectivity index (χ1n) is 14.4. The minimum absolute atomic E-state index is 0.0473. The zero-order valence-corrected chi connectivity index (χ0v) is 24.6. The summed E-state index contributed by atoms with van der Waals surface area (Å²) in [4.78, 5) is 53.0. The van der Waals surface area contributed by atoms with Crippen LogP contribution in [-0.4, -0.2) is 65.2 Å². The van der Waals surface area contributed by atoms with Gasteiger partial charge in [-0.2, -0.15) is 0 Å². The first-order valence-corrected chi connectivity index (χ1v) is 14.4. The van der Waals surface area contributed by atoms with Crippen molar-refractivity contribution in [2.75, 3.05) is 13.2 Å². The van der Waals surface area contributed by atoms with E-state index in [9.17, 15) is 24.3 Å². The summed E-state index contributed by atoms with van der Waals surface area (Å²) in [6.45, 7) is 9.12. The number of fused-ring (bicyclic) bond motifs is 1. The molecule has 0 spiro atoms. The van der Waals surface area contributed by atoms with Crippen LogP contribution in [0.1, 0.15) is 42.9 Å². The standard InChI is InChI=1S/C33H41N3O7/c1-4-11-26(18-30(38)36-19-27-16-10-9-15-25(27)17-28(36)20-37)31(39)34-23(3)21-42-32(40)29(12-5-2)35-33(41)43-22-24-13-7-6-8-14-24/h4-10,13-16,23,26,28-29,37H,1-2,11-12,17-22H2,3H3,(H,34,39)(H,35,41)/t23-,26-,28-,29+/m0/s1. The van der Waals surface area contributed by atoms with E-state index in [1.165, 1.54) is 6.08 Å². The average Bonchev–Trinajstić information content (AvgIpc) is 3.01. The number of carbonyl (C=O) groups is 4. The van der Waals surface area contributed by atoms with Crippen LogP contribution in [0.2, 0.25) is 0 Å². The molecule has 0 saturated heterocycles. The van der Waals surface area contributed by atoms with Crippen LogP contribution in [0, 0.1) is 5.92 Å². The Hall–Kier alpha value is -4.44. The molecule has 0 unspecified atom stereocenters. The van der Waals surface area contributed by atoms with Gasteiger partial charge in [-0.15, -0.1) is 13.2 Å². The molecule has 10 nitrogen and oxygen atoms in total. The molecule has 10 heteroatoms. The molecule has 0 fully saturated rings.